The minimum absolute atomic E-state index is 0.0174. The topological polar surface area (TPSA) is 63.1 Å². The Morgan fingerprint density at radius 3 is 2.65 bits per heavy atom. The average Bonchev–Trinajstić information content (AvgIpc) is 2.38. The van der Waals surface area contributed by atoms with Crippen molar-refractivity contribution in [3.8, 4) is 0 Å². The maximum absolute atomic E-state index is 13.4. The largest absolute Gasteiger partial charge is 0.323 e. The highest BCUT2D eigenvalue weighted by molar-refractivity contribution is 6.30. The number of rotatable bonds is 2. The Morgan fingerprint density at radius 1 is 1.30 bits per heavy atom. The third-order valence-electron chi connectivity index (χ3n) is 2.52. The molecular weight excluding hydrogens is 285 g/mol. The fourth-order valence-corrected chi connectivity index (χ4v) is 1.84. The first-order chi connectivity index (χ1) is 9.47. The molecule has 1 heterocycles. The van der Waals surface area contributed by atoms with Gasteiger partial charge in [-0.1, -0.05) is 23.7 Å². The van der Waals surface area contributed by atoms with Gasteiger partial charge in [0.05, 0.1) is 11.4 Å². The summed E-state index contributed by atoms with van der Waals surface area (Å²) >= 11 is 5.72. The van der Waals surface area contributed by atoms with Gasteiger partial charge in [-0.3, -0.25) is 4.79 Å². The molecule has 2 rings (SSSR count). The van der Waals surface area contributed by atoms with Crippen LogP contribution in [0.2, 0.25) is 5.02 Å². The summed E-state index contributed by atoms with van der Waals surface area (Å²) in [5.74, 6) is -0.541. The summed E-state index contributed by atoms with van der Waals surface area (Å²) in [6.45, 7) is 0. The molecule has 0 saturated carbocycles. The molecule has 104 valence electrons. The minimum atomic E-state index is -0.634. The Morgan fingerprint density at radius 2 is 2.00 bits per heavy atom. The van der Waals surface area contributed by atoms with Crippen LogP contribution in [0.15, 0.2) is 41.3 Å². The van der Waals surface area contributed by atoms with Crippen molar-refractivity contribution in [2.24, 2.45) is 7.05 Å². The zero-order valence-electron chi connectivity index (χ0n) is 10.5. The van der Waals surface area contributed by atoms with Gasteiger partial charge in [0.2, 0.25) is 0 Å². The van der Waals surface area contributed by atoms with Crippen LogP contribution in [0.1, 0.15) is 0 Å². The number of pyridine rings is 1. The normalized spacial score (nSPS) is 10.2. The number of para-hydroxylation sites is 1. The van der Waals surface area contributed by atoms with Crippen LogP contribution in [0.5, 0.6) is 0 Å². The number of urea groups is 1. The molecule has 0 aliphatic heterocycles. The third kappa shape index (κ3) is 3.16. The van der Waals surface area contributed by atoms with Gasteiger partial charge < -0.3 is 15.2 Å². The predicted molar refractivity (Wildman–Crippen MR) is 75.7 cm³/mol. The summed E-state index contributed by atoms with van der Waals surface area (Å²) in [6.07, 6.45) is 1.41. The third-order valence-corrected chi connectivity index (χ3v) is 2.79. The van der Waals surface area contributed by atoms with E-state index < -0.39 is 11.8 Å². The molecule has 1 aromatic carbocycles. The molecule has 1 aromatic heterocycles. The van der Waals surface area contributed by atoms with E-state index in [-0.39, 0.29) is 16.3 Å². The van der Waals surface area contributed by atoms with Gasteiger partial charge in [0.15, 0.2) is 0 Å². The second-order valence-electron chi connectivity index (χ2n) is 4.05. The van der Waals surface area contributed by atoms with Crippen LogP contribution in [0, 0.1) is 5.82 Å². The summed E-state index contributed by atoms with van der Waals surface area (Å²) in [5, 5.41) is 4.80. The number of carbonyl (C=O) groups is 1. The zero-order chi connectivity index (χ0) is 14.7. The van der Waals surface area contributed by atoms with E-state index in [9.17, 15) is 14.0 Å². The van der Waals surface area contributed by atoms with Gasteiger partial charge >= 0.3 is 6.03 Å². The van der Waals surface area contributed by atoms with E-state index in [2.05, 4.69) is 10.6 Å². The van der Waals surface area contributed by atoms with E-state index >= 15 is 0 Å². The molecule has 5 nitrogen and oxygen atoms in total. The van der Waals surface area contributed by atoms with Gasteiger partial charge in [-0.15, -0.1) is 0 Å². The fourth-order valence-electron chi connectivity index (χ4n) is 1.59. The Bertz CT molecular complexity index is 689. The second-order valence-corrected chi connectivity index (χ2v) is 4.46. The van der Waals surface area contributed by atoms with Gasteiger partial charge in [-0.25, -0.2) is 9.18 Å². The number of anilines is 2. The van der Waals surface area contributed by atoms with Crippen LogP contribution >= 0.6 is 11.6 Å². The summed E-state index contributed by atoms with van der Waals surface area (Å²) < 4.78 is 14.6. The van der Waals surface area contributed by atoms with Crippen LogP contribution in [-0.4, -0.2) is 10.6 Å². The zero-order valence-corrected chi connectivity index (χ0v) is 11.2. The highest BCUT2D eigenvalue weighted by Gasteiger charge is 2.08. The SMILES string of the molecule is Cn1cc(NC(=O)Nc2ccccc2F)cc(Cl)c1=O. The molecule has 0 aliphatic carbocycles. The molecule has 2 amide bonds. The number of halogens is 2. The molecule has 2 aromatic rings. The van der Waals surface area contributed by atoms with Crippen LogP contribution in [0.4, 0.5) is 20.6 Å². The number of benzene rings is 1. The number of hydrogen-bond acceptors (Lipinski definition) is 2. The van der Waals surface area contributed by atoms with Crippen LogP contribution in [-0.2, 0) is 7.05 Å². The summed E-state index contributed by atoms with van der Waals surface area (Å²) in [4.78, 5) is 23.1. The number of amides is 2. The first kappa shape index (κ1) is 14.1. The van der Waals surface area contributed by atoms with Gasteiger partial charge in [0.25, 0.3) is 5.56 Å². The molecule has 0 atom stereocenters. The fraction of sp³-hybridized carbons (Fsp3) is 0.0769. The van der Waals surface area contributed by atoms with Gasteiger partial charge in [-0.2, -0.15) is 0 Å². The van der Waals surface area contributed by atoms with Crippen LogP contribution in [0.3, 0.4) is 0 Å². The van der Waals surface area contributed by atoms with Crippen LogP contribution < -0.4 is 16.2 Å². The van der Waals surface area contributed by atoms with Gasteiger partial charge in [0.1, 0.15) is 10.8 Å². The summed E-state index contributed by atoms with van der Waals surface area (Å²) in [6, 6.07) is 6.48. The molecule has 7 heteroatoms. The van der Waals surface area contributed by atoms with Crippen molar-refractivity contribution in [1.29, 1.82) is 0 Å². The minimum Gasteiger partial charge on any atom is -0.315 e. The number of nitrogens with one attached hydrogen (secondary N) is 2. The number of nitrogens with zero attached hydrogens (tertiary/aromatic N) is 1. The van der Waals surface area contributed by atoms with E-state index in [1.54, 1.807) is 6.07 Å². The molecule has 0 unspecified atom stereocenters. The van der Waals surface area contributed by atoms with Gasteiger partial charge in [0, 0.05) is 13.2 Å². The first-order valence-electron chi connectivity index (χ1n) is 5.66. The van der Waals surface area contributed by atoms with Crippen molar-refractivity contribution >= 4 is 29.0 Å². The Labute approximate surface area is 119 Å². The number of carbonyl (C=O) groups excluding carboxylic acids is 1. The smallest absolute Gasteiger partial charge is 0.315 e. The lowest BCUT2D eigenvalue weighted by Crippen LogP contribution is -2.23. The average molecular weight is 296 g/mol. The molecule has 0 saturated heterocycles. The summed E-state index contributed by atoms with van der Waals surface area (Å²) in [5.41, 5.74) is 0.0126. The summed E-state index contributed by atoms with van der Waals surface area (Å²) in [7, 11) is 1.51. The second kappa shape index (κ2) is 5.75. The standard InChI is InChI=1S/C13H11ClFN3O2/c1-18-7-8(6-9(14)12(18)19)16-13(20)17-11-5-3-2-4-10(11)15/h2-7H,1H3,(H2,16,17,20). The predicted octanol–water partition coefficient (Wildman–Crippen LogP) is 2.82. The lowest BCUT2D eigenvalue weighted by molar-refractivity contribution is 0.262. The maximum Gasteiger partial charge on any atom is 0.323 e. The number of aromatic nitrogens is 1. The molecule has 0 radical (unpaired) electrons. The van der Waals surface area contributed by atoms with E-state index in [1.165, 1.54) is 42.1 Å². The number of hydrogen-bond donors (Lipinski definition) is 2. The molecule has 0 fully saturated rings. The highest BCUT2D eigenvalue weighted by atomic mass is 35.5. The van der Waals surface area contributed by atoms with E-state index in [0.29, 0.717) is 5.69 Å². The maximum atomic E-state index is 13.4. The molecule has 0 bridgehead atoms. The lowest BCUT2D eigenvalue weighted by atomic mass is 10.3. The molecule has 0 spiro atoms. The highest BCUT2D eigenvalue weighted by Crippen LogP contribution is 2.14. The van der Waals surface area contributed by atoms with E-state index in [1.807, 2.05) is 0 Å². The van der Waals surface area contributed by atoms with Crippen LogP contribution in [0.25, 0.3) is 0 Å². The molecule has 0 aliphatic rings. The monoisotopic (exact) mass is 295 g/mol. The van der Waals surface area contributed by atoms with Crippen molar-refractivity contribution in [3.05, 3.63) is 57.7 Å². The number of aryl methyl sites for hydroxylation is 1. The molecule has 20 heavy (non-hydrogen) atoms. The van der Waals surface area contributed by atoms with Gasteiger partial charge in [-0.05, 0) is 18.2 Å². The van der Waals surface area contributed by atoms with Crippen molar-refractivity contribution in [3.63, 3.8) is 0 Å². The molecular formula is C13H11ClFN3O2. The van der Waals surface area contributed by atoms with Crippen molar-refractivity contribution in [2.75, 3.05) is 10.6 Å². The first-order valence-corrected chi connectivity index (χ1v) is 6.04. The van der Waals surface area contributed by atoms with Crippen molar-refractivity contribution in [1.82, 2.24) is 4.57 Å². The lowest BCUT2D eigenvalue weighted by Gasteiger charge is -2.09. The van der Waals surface area contributed by atoms with E-state index in [4.69, 9.17) is 11.6 Å². The van der Waals surface area contributed by atoms with Crippen molar-refractivity contribution in [2.45, 2.75) is 0 Å². The Balaban J connectivity index is 2.13. The Kier molecular flexibility index (Phi) is 4.05. The van der Waals surface area contributed by atoms with E-state index in [0.717, 1.165) is 0 Å². The quantitative estimate of drug-likeness (QED) is 0.895. The Hall–Kier alpha value is -2.34. The molecule has 2 N–H and O–H groups in total. The van der Waals surface area contributed by atoms with Crippen molar-refractivity contribution < 1.29 is 9.18 Å².